The van der Waals surface area contributed by atoms with Crippen LogP contribution >= 0.6 is 0 Å². The monoisotopic (exact) mass is 1780 g/mol. The van der Waals surface area contributed by atoms with E-state index < -0.39 is 36.5 Å². The van der Waals surface area contributed by atoms with Crippen LogP contribution in [0.15, 0.2) is 317 Å². The summed E-state index contributed by atoms with van der Waals surface area (Å²) in [6.45, 7) is 25.2. The van der Waals surface area contributed by atoms with Crippen molar-refractivity contribution in [2.75, 3.05) is 21.3 Å². The zero-order chi connectivity index (χ0) is 89.6. The number of nitrogens with zero attached hydrogens (tertiary/aromatic N) is 1. The highest BCUT2D eigenvalue weighted by Crippen LogP contribution is 2.58. The van der Waals surface area contributed by atoms with Gasteiger partial charge in [0.05, 0.1) is 54.0 Å². The fraction of sp³-hybridized carbons (Fsp3) is 0.371. The highest BCUT2D eigenvalue weighted by Gasteiger charge is 2.81. The SMILES string of the molecule is CC(C)(C)c1ccc([S+](c2ccccc2)c2ccccc2)cc1.COc1cccc([S+](c2cccc(OC)c2)c2cccc(OC)c2)c1.Cc1c(C(C)C)cc(C(C)C)cc1C(C)C.Cc1c(C2CCCCC2)cc(C2CCCCC2)cc1C1CCCCC1.O=S1(=O)[N-]S(=O)(=O)C(F)(F)C(F)(F)C1(F)F.c1ccc([S+](c2ccccc2)c2ccccc2)cc1. The van der Waals surface area contributed by atoms with E-state index in [1.165, 1.54) is 168 Å². The predicted molar refractivity (Wildman–Crippen MR) is 501 cm³/mol. The summed E-state index contributed by atoms with van der Waals surface area (Å²) in [4.78, 5) is 11.7. The minimum atomic E-state index is -6.60. The molecular weight excluding hydrogens is 1660 g/mol. The Morgan fingerprint density at radius 2 is 0.613 bits per heavy atom. The van der Waals surface area contributed by atoms with Crippen LogP contribution in [0.25, 0.3) is 4.13 Å². The quantitative estimate of drug-likeness (QED) is 0.0621. The third-order valence-electron chi connectivity index (χ3n) is 23.4. The molecule has 1 aliphatic heterocycles. The standard InChI is InChI=1S/C25H38.C22H23S.C21H21O3S.C18H15S.C16H26.C3F6NO4S2/c1-19-24(21-13-7-3-8-14-21)17-23(20-11-5-2-6-12-20)18-25(19)22-15-9-4-10-16-22;1-22(2,3)18-14-16-21(17-15-18)23(19-10-6-4-7-11-19)20-12-8-5-9-13-20;1-22-16-7-4-10-19(13-16)25(20-11-5-8-17(14-20)23-2)21-12-6-9-18(15-21)24-3;1-4-10-16(11-5-1)19(17-12-6-2-7-13-17)18-14-8-3-9-15-18;1-10(2)14-8-15(11(3)4)13(7)16(9-14)12(5)6;4-1(5)2(6,7)15(11,12)10-16(13,14)3(1,8)9/h17-18,20-22H,2-16H2,1H3;4-17H,1-3H3;4-15H,1-3H3;1-15H;8-12H,1-7H3;/q;3*+1;;-1. The van der Waals surface area contributed by atoms with Gasteiger partial charge >= 0.3 is 16.4 Å². The Hall–Kier alpha value is -8.69. The Labute approximate surface area is 744 Å². The first-order chi connectivity index (χ1) is 59.1. The maximum atomic E-state index is 12.4. The molecule has 0 aromatic heterocycles. The normalized spacial score (nSPS) is 16.7. The van der Waals surface area contributed by atoms with E-state index >= 15 is 0 Å². The number of ether oxygens (including phenoxy) is 3. The number of hydrogen-bond acceptors (Lipinski definition) is 7. The van der Waals surface area contributed by atoms with Gasteiger partial charge in [-0.15, -0.1) is 0 Å². The van der Waals surface area contributed by atoms with Gasteiger partial charge in [0.1, 0.15) is 17.2 Å². The maximum absolute atomic E-state index is 12.4. The molecule has 3 aliphatic carbocycles. The van der Waals surface area contributed by atoms with Gasteiger partial charge in [0.25, 0.3) is 0 Å². The first kappa shape index (κ1) is 97.5. The molecule has 1 heterocycles. The fourth-order valence-electron chi connectivity index (χ4n) is 16.4. The van der Waals surface area contributed by atoms with Crippen LogP contribution in [0.2, 0.25) is 0 Å². The van der Waals surface area contributed by atoms with E-state index in [-0.39, 0.29) is 38.1 Å². The Morgan fingerprint density at radius 3 is 0.887 bits per heavy atom. The average molecular weight is 1790 g/mol. The van der Waals surface area contributed by atoms with Gasteiger partial charge < -0.3 is 18.3 Å². The van der Waals surface area contributed by atoms with Crippen LogP contribution in [0.4, 0.5) is 26.3 Å². The highest BCUT2D eigenvalue weighted by atomic mass is 32.3. The van der Waals surface area contributed by atoms with Gasteiger partial charge in [0.2, 0.25) is 0 Å². The first-order valence-electron chi connectivity index (χ1n) is 43.3. The van der Waals surface area contributed by atoms with Crippen molar-refractivity contribution in [1.29, 1.82) is 0 Å². The number of methoxy groups -OCH3 is 3. The van der Waals surface area contributed by atoms with E-state index in [2.05, 4.69) is 313 Å². The molecule has 8 nitrogen and oxygen atoms in total. The molecule has 4 fully saturated rings. The van der Waals surface area contributed by atoms with Crippen molar-refractivity contribution in [2.45, 2.75) is 274 Å². The van der Waals surface area contributed by atoms with Crippen molar-refractivity contribution >= 4 is 52.7 Å². The molecule has 0 bridgehead atoms. The van der Waals surface area contributed by atoms with Crippen molar-refractivity contribution in [3.8, 4) is 17.2 Å². The largest absolute Gasteiger partial charge is 0.497 e. The van der Waals surface area contributed by atoms with Crippen molar-refractivity contribution in [2.24, 2.45) is 0 Å². The fourth-order valence-corrected chi connectivity index (χ4v) is 25.5. The van der Waals surface area contributed by atoms with Gasteiger partial charge in [0.15, 0.2) is 64.1 Å². The summed E-state index contributed by atoms with van der Waals surface area (Å²) >= 11 is 0. The Bertz CT molecular complexity index is 5030. The molecule has 19 heteroatoms. The number of hydrogen-bond donors (Lipinski definition) is 0. The maximum Gasteiger partial charge on any atom is 0.399 e. The second-order valence-electron chi connectivity index (χ2n) is 34.0. The van der Waals surface area contributed by atoms with Gasteiger partial charge in [0, 0.05) is 18.2 Å². The molecule has 11 aromatic rings. The molecule has 4 aliphatic rings. The van der Waals surface area contributed by atoms with Gasteiger partial charge in [-0.05, 0) is 253 Å². The topological polar surface area (TPSA) is 110 Å². The lowest BCUT2D eigenvalue weighted by Gasteiger charge is -2.42. The molecule has 1 saturated heterocycles. The zero-order valence-electron chi connectivity index (χ0n) is 74.2. The van der Waals surface area contributed by atoms with Crippen LogP contribution in [-0.4, -0.2) is 54.6 Å². The smallest absolute Gasteiger partial charge is 0.399 e. The molecule has 124 heavy (non-hydrogen) atoms. The first-order valence-corrected chi connectivity index (χ1v) is 49.8. The second kappa shape index (κ2) is 44.6. The molecule has 0 radical (unpaired) electrons. The number of rotatable bonds is 18. The van der Waals surface area contributed by atoms with Crippen molar-refractivity contribution in [1.82, 2.24) is 0 Å². The molecule has 3 saturated carbocycles. The number of alkyl halides is 6. The van der Waals surface area contributed by atoms with Gasteiger partial charge in [-0.3, -0.25) is 0 Å². The van der Waals surface area contributed by atoms with Crippen LogP contribution in [0.5, 0.6) is 17.2 Å². The van der Waals surface area contributed by atoms with E-state index in [1.54, 1.807) is 43.6 Å². The molecule has 0 unspecified atom stereocenters. The Kier molecular flexibility index (Phi) is 35.1. The zero-order valence-corrected chi connectivity index (χ0v) is 78.2. The molecule has 0 amide bonds. The van der Waals surface area contributed by atoms with Crippen molar-refractivity contribution < 1.29 is 57.4 Å². The summed E-state index contributed by atoms with van der Waals surface area (Å²) in [5.74, 6) is 0.392. The Morgan fingerprint density at radius 1 is 0.339 bits per heavy atom. The van der Waals surface area contributed by atoms with E-state index in [0.29, 0.717) is 17.8 Å². The average Bonchev–Trinajstić information content (AvgIpc) is 0.693. The number of benzene rings is 11. The van der Waals surface area contributed by atoms with E-state index in [0.717, 1.165) is 39.1 Å². The number of halogens is 6. The summed E-state index contributed by atoms with van der Waals surface area (Å²) in [5, 5.41) is -12.6. The lowest BCUT2D eigenvalue weighted by atomic mass is 9.74. The minimum Gasteiger partial charge on any atom is -0.497 e. The van der Waals surface area contributed by atoms with Crippen LogP contribution < -0.4 is 14.2 Å². The number of sulfonamides is 2. The lowest BCUT2D eigenvalue weighted by molar-refractivity contribution is -0.244. The van der Waals surface area contributed by atoms with Crippen LogP contribution in [0, 0.1) is 13.8 Å². The Balaban J connectivity index is 0.000000157. The van der Waals surface area contributed by atoms with E-state index in [9.17, 15) is 43.2 Å². The van der Waals surface area contributed by atoms with Gasteiger partial charge in [-0.2, -0.15) is 26.3 Å². The highest BCUT2D eigenvalue weighted by molar-refractivity contribution is 8.13. The van der Waals surface area contributed by atoms with Crippen LogP contribution in [-0.2, 0) is 58.1 Å². The molecule has 0 spiro atoms. The van der Waals surface area contributed by atoms with Crippen molar-refractivity contribution in [3.05, 3.63) is 327 Å². The molecule has 11 aromatic carbocycles. The van der Waals surface area contributed by atoms with Gasteiger partial charge in [-0.25, -0.2) is 16.8 Å². The summed E-state index contributed by atoms with van der Waals surface area (Å²) in [5.41, 5.74) is 14.6. The van der Waals surface area contributed by atoms with Crippen molar-refractivity contribution in [3.63, 3.8) is 0 Å². The molecule has 660 valence electrons. The van der Waals surface area contributed by atoms with E-state index in [4.69, 9.17) is 14.2 Å². The molecule has 0 N–H and O–H groups in total. The molecule has 15 rings (SSSR count). The third kappa shape index (κ3) is 24.5. The second-order valence-corrected chi connectivity index (χ2v) is 43.6. The minimum absolute atomic E-state index is 0.0146. The summed E-state index contributed by atoms with van der Waals surface area (Å²) in [6.07, 6.45) is 21.8. The summed E-state index contributed by atoms with van der Waals surface area (Å²) in [7, 11) is -8.44. The van der Waals surface area contributed by atoms with Crippen LogP contribution in [0.3, 0.4) is 0 Å². The summed E-state index contributed by atoms with van der Waals surface area (Å²) in [6, 6.07) is 97.7. The molecular formula is C105H123F6NO7S5+2. The van der Waals surface area contributed by atoms with Crippen LogP contribution in [0.1, 0.15) is 244 Å². The van der Waals surface area contributed by atoms with Gasteiger partial charge in [-0.1, -0.05) is 266 Å². The molecule has 0 atom stereocenters. The lowest BCUT2D eigenvalue weighted by Crippen LogP contribution is -2.64. The van der Waals surface area contributed by atoms with E-state index in [1.807, 2.05) is 36.4 Å². The summed E-state index contributed by atoms with van der Waals surface area (Å²) < 4.78 is 133. The third-order valence-corrected chi connectivity index (χ3v) is 33.4. The predicted octanol–water partition coefficient (Wildman–Crippen LogP) is 30.0.